The molecule has 2 aromatic rings. The number of nitrogen functional groups attached to an aromatic ring is 1. The van der Waals surface area contributed by atoms with Crippen LogP contribution in [0.4, 0.5) is 11.4 Å². The molecule has 1 aromatic heterocycles. The van der Waals surface area contributed by atoms with Crippen LogP contribution in [-0.4, -0.2) is 32.4 Å². The molecule has 9 nitrogen and oxygen atoms in total. The van der Waals surface area contributed by atoms with Gasteiger partial charge in [0.15, 0.2) is 0 Å². The van der Waals surface area contributed by atoms with Crippen LogP contribution in [0.15, 0.2) is 34.2 Å². The van der Waals surface area contributed by atoms with Crippen LogP contribution < -0.4 is 22.0 Å². The quantitative estimate of drug-likeness (QED) is 0.524. The van der Waals surface area contributed by atoms with E-state index in [1.807, 2.05) is 0 Å². The molecule has 126 valence electrons. The first kappa shape index (κ1) is 17.5. The summed E-state index contributed by atoms with van der Waals surface area (Å²) in [6.07, 6.45) is 0. The Morgan fingerprint density at radius 1 is 1.25 bits per heavy atom. The molecule has 0 aliphatic heterocycles. The number of thioether (sulfide) groups is 1. The van der Waals surface area contributed by atoms with Gasteiger partial charge in [-0.3, -0.25) is 14.4 Å². The van der Waals surface area contributed by atoms with Gasteiger partial charge in [-0.05, 0) is 25.1 Å². The second kappa shape index (κ2) is 7.59. The Morgan fingerprint density at radius 3 is 2.58 bits per heavy atom. The maximum absolute atomic E-state index is 12.0. The van der Waals surface area contributed by atoms with Crippen molar-refractivity contribution >= 4 is 35.0 Å². The number of benzene rings is 1. The van der Waals surface area contributed by atoms with Gasteiger partial charge in [0.25, 0.3) is 5.56 Å². The molecular weight excluding hydrogens is 332 g/mol. The maximum atomic E-state index is 12.0. The van der Waals surface area contributed by atoms with Gasteiger partial charge in [-0.2, -0.15) is 4.68 Å². The van der Waals surface area contributed by atoms with Crippen LogP contribution in [-0.2, 0) is 9.59 Å². The van der Waals surface area contributed by atoms with Crippen molar-refractivity contribution in [3.63, 3.8) is 0 Å². The third-order valence-corrected chi connectivity index (χ3v) is 3.76. The highest BCUT2D eigenvalue weighted by Crippen LogP contribution is 2.16. The largest absolute Gasteiger partial charge is 0.334 e. The number of anilines is 2. The Balaban J connectivity index is 1.98. The van der Waals surface area contributed by atoms with Gasteiger partial charge in [0.2, 0.25) is 17.0 Å². The molecule has 2 rings (SSSR count). The second-order valence-corrected chi connectivity index (χ2v) is 5.78. The molecule has 0 aliphatic carbocycles. The number of nitrogens with one attached hydrogen (secondary N) is 2. The molecule has 0 unspecified atom stereocenters. The van der Waals surface area contributed by atoms with Gasteiger partial charge in [-0.25, -0.2) is 0 Å². The Bertz CT molecular complexity index is 835. The van der Waals surface area contributed by atoms with E-state index < -0.39 is 5.56 Å². The summed E-state index contributed by atoms with van der Waals surface area (Å²) in [6, 6.07) is 6.74. The predicted molar refractivity (Wildman–Crippen MR) is 91.3 cm³/mol. The summed E-state index contributed by atoms with van der Waals surface area (Å²) in [5.74, 6) is 5.08. The zero-order valence-corrected chi connectivity index (χ0v) is 13.9. The van der Waals surface area contributed by atoms with E-state index in [-0.39, 0.29) is 28.4 Å². The van der Waals surface area contributed by atoms with E-state index in [0.29, 0.717) is 11.4 Å². The van der Waals surface area contributed by atoms with Crippen molar-refractivity contribution < 1.29 is 9.59 Å². The molecule has 4 N–H and O–H groups in total. The normalized spacial score (nSPS) is 10.2. The molecule has 0 saturated carbocycles. The first-order valence-corrected chi connectivity index (χ1v) is 7.87. The number of carbonyl (C=O) groups excluding carboxylic acids is 2. The Morgan fingerprint density at radius 2 is 1.92 bits per heavy atom. The molecule has 24 heavy (non-hydrogen) atoms. The molecule has 0 radical (unpaired) electrons. The number of nitrogens with zero attached hydrogens (tertiary/aromatic N) is 3. The third-order valence-electron chi connectivity index (χ3n) is 2.82. The summed E-state index contributed by atoms with van der Waals surface area (Å²) in [4.78, 5) is 34.7. The van der Waals surface area contributed by atoms with Crippen LogP contribution in [0.1, 0.15) is 12.6 Å². The monoisotopic (exact) mass is 348 g/mol. The number of rotatable bonds is 5. The first-order chi connectivity index (χ1) is 11.4. The lowest BCUT2D eigenvalue weighted by Gasteiger charge is -2.08. The minimum absolute atomic E-state index is 0.00124. The highest BCUT2D eigenvalue weighted by molar-refractivity contribution is 7.99. The lowest BCUT2D eigenvalue weighted by molar-refractivity contribution is -0.114. The molecule has 0 aliphatic rings. The average molecular weight is 348 g/mol. The van der Waals surface area contributed by atoms with Crippen LogP contribution in [0.3, 0.4) is 0 Å². The molecule has 0 fully saturated rings. The van der Waals surface area contributed by atoms with Gasteiger partial charge in [0.05, 0.1) is 5.75 Å². The summed E-state index contributed by atoms with van der Waals surface area (Å²) in [7, 11) is 0. The van der Waals surface area contributed by atoms with Gasteiger partial charge in [0, 0.05) is 18.3 Å². The van der Waals surface area contributed by atoms with Crippen molar-refractivity contribution in [2.24, 2.45) is 0 Å². The number of hydrogen-bond donors (Lipinski definition) is 3. The van der Waals surface area contributed by atoms with Gasteiger partial charge in [0.1, 0.15) is 5.69 Å². The molecule has 0 spiro atoms. The van der Waals surface area contributed by atoms with Gasteiger partial charge in [-0.1, -0.05) is 17.8 Å². The minimum atomic E-state index is -0.462. The van der Waals surface area contributed by atoms with Crippen molar-refractivity contribution in [3.8, 4) is 0 Å². The van der Waals surface area contributed by atoms with Crippen molar-refractivity contribution in [1.29, 1.82) is 0 Å². The van der Waals surface area contributed by atoms with E-state index in [1.165, 1.54) is 13.8 Å². The molecule has 0 saturated heterocycles. The number of amides is 2. The molecule has 2 amide bonds. The molecule has 1 heterocycles. The fourth-order valence-electron chi connectivity index (χ4n) is 1.77. The molecular formula is C14H16N6O3S. The van der Waals surface area contributed by atoms with Crippen LogP contribution in [0.2, 0.25) is 0 Å². The van der Waals surface area contributed by atoms with Crippen LogP contribution in [0, 0.1) is 6.92 Å². The zero-order valence-electron chi connectivity index (χ0n) is 13.1. The van der Waals surface area contributed by atoms with E-state index in [1.54, 1.807) is 24.3 Å². The molecule has 0 atom stereocenters. The summed E-state index contributed by atoms with van der Waals surface area (Å²) < 4.78 is 0.859. The topological polar surface area (TPSA) is 132 Å². The summed E-state index contributed by atoms with van der Waals surface area (Å²) in [6.45, 7) is 2.90. The first-order valence-electron chi connectivity index (χ1n) is 6.88. The number of aryl methyl sites for hydroxylation is 1. The lowest BCUT2D eigenvalue weighted by atomic mass is 10.2. The van der Waals surface area contributed by atoms with Crippen molar-refractivity contribution in [3.05, 3.63) is 40.3 Å². The van der Waals surface area contributed by atoms with Crippen molar-refractivity contribution in [2.45, 2.75) is 19.0 Å². The molecule has 0 bridgehead atoms. The standard InChI is InChI=1S/C14H16N6O3S/c1-8-13(23)20(15)14(19-18-8)24-7-12(22)17-11-5-3-4-10(6-11)16-9(2)21/h3-6H,7,15H2,1-2H3,(H,16,21)(H,17,22). The highest BCUT2D eigenvalue weighted by Gasteiger charge is 2.10. The summed E-state index contributed by atoms with van der Waals surface area (Å²) in [5.41, 5.74) is 0.831. The average Bonchev–Trinajstić information content (AvgIpc) is 2.51. The van der Waals surface area contributed by atoms with Gasteiger partial charge >= 0.3 is 0 Å². The zero-order chi connectivity index (χ0) is 17.7. The number of nitrogens with two attached hydrogens (primary N) is 1. The van der Waals surface area contributed by atoms with E-state index >= 15 is 0 Å². The van der Waals surface area contributed by atoms with E-state index in [0.717, 1.165) is 16.4 Å². The summed E-state index contributed by atoms with van der Waals surface area (Å²) in [5, 5.41) is 12.9. The van der Waals surface area contributed by atoms with Crippen molar-refractivity contribution in [1.82, 2.24) is 14.9 Å². The highest BCUT2D eigenvalue weighted by atomic mass is 32.2. The number of carbonyl (C=O) groups is 2. The molecule has 10 heteroatoms. The molecule has 1 aromatic carbocycles. The Hall–Kier alpha value is -2.88. The van der Waals surface area contributed by atoms with Gasteiger partial charge in [-0.15, -0.1) is 10.2 Å². The third kappa shape index (κ3) is 4.56. The fraction of sp³-hybridized carbons (Fsp3) is 0.214. The van der Waals surface area contributed by atoms with Gasteiger partial charge < -0.3 is 16.5 Å². The Labute approximate surface area is 141 Å². The Kier molecular flexibility index (Phi) is 5.53. The maximum Gasteiger partial charge on any atom is 0.294 e. The number of hydrogen-bond acceptors (Lipinski definition) is 7. The minimum Gasteiger partial charge on any atom is -0.334 e. The SMILES string of the molecule is CC(=O)Nc1cccc(NC(=O)CSc2nnc(C)c(=O)n2N)c1. The fourth-order valence-corrected chi connectivity index (χ4v) is 2.43. The lowest BCUT2D eigenvalue weighted by Crippen LogP contribution is -2.32. The van der Waals surface area contributed by atoms with Crippen LogP contribution >= 0.6 is 11.8 Å². The van der Waals surface area contributed by atoms with Crippen molar-refractivity contribution in [2.75, 3.05) is 22.2 Å². The van der Waals surface area contributed by atoms with E-state index in [2.05, 4.69) is 20.8 Å². The summed E-state index contributed by atoms with van der Waals surface area (Å²) >= 11 is 0.995. The second-order valence-electron chi connectivity index (χ2n) is 4.84. The van der Waals surface area contributed by atoms with E-state index in [9.17, 15) is 14.4 Å². The van der Waals surface area contributed by atoms with Crippen LogP contribution in [0.5, 0.6) is 0 Å². The smallest absolute Gasteiger partial charge is 0.294 e. The van der Waals surface area contributed by atoms with E-state index in [4.69, 9.17) is 5.84 Å². The predicted octanol–water partition coefficient (Wildman–Crippen LogP) is 0.350. The van der Waals surface area contributed by atoms with Crippen LogP contribution in [0.25, 0.3) is 0 Å². The number of aromatic nitrogens is 3.